The summed E-state index contributed by atoms with van der Waals surface area (Å²) in [5.74, 6) is -0.794. The zero-order valence-electron chi connectivity index (χ0n) is 21.1. The van der Waals surface area contributed by atoms with Gasteiger partial charge in [-0.05, 0) is 55.8 Å². The van der Waals surface area contributed by atoms with E-state index >= 15 is 0 Å². The molecule has 4 rings (SSSR count). The molecular formula is C29H27Cl2NO6. The Morgan fingerprint density at radius 2 is 1.71 bits per heavy atom. The predicted molar refractivity (Wildman–Crippen MR) is 146 cm³/mol. The number of hydrogen-bond acceptors (Lipinski definition) is 6. The van der Waals surface area contributed by atoms with E-state index in [0.717, 1.165) is 0 Å². The first-order valence-electron chi connectivity index (χ1n) is 12.0. The summed E-state index contributed by atoms with van der Waals surface area (Å²) in [4.78, 5) is 28.0. The summed E-state index contributed by atoms with van der Waals surface area (Å²) < 4.78 is 17.0. The molecule has 3 aromatic carbocycles. The van der Waals surface area contributed by atoms with Gasteiger partial charge < -0.3 is 24.2 Å². The molecule has 38 heavy (non-hydrogen) atoms. The maximum absolute atomic E-state index is 13.4. The van der Waals surface area contributed by atoms with Gasteiger partial charge in [0.2, 0.25) is 0 Å². The number of benzene rings is 3. The van der Waals surface area contributed by atoms with Crippen LogP contribution in [0.5, 0.6) is 17.2 Å². The number of amides is 1. The predicted octanol–water partition coefficient (Wildman–Crippen LogP) is 6.64. The molecule has 1 aliphatic heterocycles. The second kappa shape index (κ2) is 11.9. The molecule has 7 nitrogen and oxygen atoms in total. The largest absolute Gasteiger partial charge is 0.507 e. The van der Waals surface area contributed by atoms with Crippen molar-refractivity contribution in [2.75, 3.05) is 20.3 Å². The van der Waals surface area contributed by atoms with Crippen LogP contribution in [0.1, 0.15) is 31.0 Å². The van der Waals surface area contributed by atoms with Crippen LogP contribution < -0.4 is 9.47 Å². The van der Waals surface area contributed by atoms with Gasteiger partial charge in [-0.2, -0.15) is 0 Å². The van der Waals surface area contributed by atoms with E-state index in [2.05, 4.69) is 0 Å². The minimum absolute atomic E-state index is 0.0641. The molecule has 1 N–H and O–H groups in total. The lowest BCUT2D eigenvalue weighted by atomic mass is 9.95. The number of aliphatic hydroxyl groups is 1. The number of ether oxygens (including phenoxy) is 3. The smallest absolute Gasteiger partial charge is 0.295 e. The lowest BCUT2D eigenvalue weighted by Crippen LogP contribution is -2.33. The molecule has 1 fully saturated rings. The van der Waals surface area contributed by atoms with Crippen LogP contribution in [0.15, 0.2) is 72.3 Å². The lowest BCUT2D eigenvalue weighted by molar-refractivity contribution is -0.140. The Morgan fingerprint density at radius 3 is 2.39 bits per heavy atom. The van der Waals surface area contributed by atoms with Crippen molar-refractivity contribution in [3.05, 3.63) is 93.5 Å². The minimum Gasteiger partial charge on any atom is -0.507 e. The molecule has 3 aromatic rings. The van der Waals surface area contributed by atoms with Crippen LogP contribution in [0.2, 0.25) is 10.0 Å². The Morgan fingerprint density at radius 1 is 1.00 bits per heavy atom. The number of likely N-dealkylation sites (tertiary alicyclic amines) is 1. The third-order valence-electron chi connectivity index (χ3n) is 5.94. The highest BCUT2D eigenvalue weighted by atomic mass is 35.5. The highest BCUT2D eigenvalue weighted by molar-refractivity contribution is 6.46. The molecule has 0 radical (unpaired) electrons. The van der Waals surface area contributed by atoms with Crippen molar-refractivity contribution in [1.82, 2.24) is 4.90 Å². The zero-order valence-corrected chi connectivity index (χ0v) is 22.6. The summed E-state index contributed by atoms with van der Waals surface area (Å²) in [7, 11) is 1.38. The van der Waals surface area contributed by atoms with Gasteiger partial charge in [-0.1, -0.05) is 53.5 Å². The van der Waals surface area contributed by atoms with E-state index in [9.17, 15) is 14.7 Å². The van der Waals surface area contributed by atoms with Crippen molar-refractivity contribution < 1.29 is 28.9 Å². The highest BCUT2D eigenvalue weighted by Gasteiger charge is 2.46. The lowest BCUT2D eigenvalue weighted by Gasteiger charge is -2.26. The molecule has 0 aliphatic carbocycles. The van der Waals surface area contributed by atoms with E-state index in [-0.39, 0.29) is 46.2 Å². The molecule has 1 heterocycles. The number of aliphatic hydroxyl groups excluding tert-OH is 1. The molecule has 198 valence electrons. The van der Waals surface area contributed by atoms with Gasteiger partial charge in [-0.15, -0.1) is 0 Å². The summed E-state index contributed by atoms with van der Waals surface area (Å²) in [5, 5.41) is 11.8. The topological polar surface area (TPSA) is 85.3 Å². The van der Waals surface area contributed by atoms with Gasteiger partial charge >= 0.3 is 0 Å². The summed E-state index contributed by atoms with van der Waals surface area (Å²) >= 11 is 12.5. The van der Waals surface area contributed by atoms with Gasteiger partial charge in [-0.3, -0.25) is 9.59 Å². The van der Waals surface area contributed by atoms with Crippen molar-refractivity contribution in [2.45, 2.75) is 26.0 Å². The number of methoxy groups -OCH3 is 1. The molecule has 1 amide bonds. The van der Waals surface area contributed by atoms with E-state index in [1.165, 1.54) is 24.1 Å². The normalized spacial score (nSPS) is 16.8. The van der Waals surface area contributed by atoms with Crippen molar-refractivity contribution in [3.63, 3.8) is 0 Å². The number of carbonyl (C=O) groups excluding carboxylic acids is 2. The summed E-state index contributed by atoms with van der Waals surface area (Å²) in [5.41, 5.74) is 0.548. The van der Waals surface area contributed by atoms with Crippen LogP contribution in [-0.2, 0) is 14.3 Å². The van der Waals surface area contributed by atoms with E-state index in [4.69, 9.17) is 37.4 Å². The molecule has 0 aromatic heterocycles. The monoisotopic (exact) mass is 555 g/mol. The Hall–Kier alpha value is -3.52. The van der Waals surface area contributed by atoms with Crippen LogP contribution in [0.3, 0.4) is 0 Å². The van der Waals surface area contributed by atoms with Gasteiger partial charge in [0.1, 0.15) is 23.0 Å². The number of ketones is 1. The van der Waals surface area contributed by atoms with E-state index in [1.807, 2.05) is 44.2 Å². The van der Waals surface area contributed by atoms with Crippen molar-refractivity contribution in [3.8, 4) is 17.2 Å². The van der Waals surface area contributed by atoms with Gasteiger partial charge in [-0.25, -0.2) is 0 Å². The number of carbonyl (C=O) groups is 2. The third kappa shape index (κ3) is 5.80. The standard InChI is InChI=1S/C29H27Cl2NO6/c1-17(2)37-13-12-32-25(18-8-7-11-21(14-18)38-20-9-5-4-6-10-20)24(27(34)29(32)35)26(33)22-15-19(30)16-23(31)28(22)36-3/h4-11,14-17,25,33H,12-13H2,1-3H3/b26-24+. The maximum Gasteiger partial charge on any atom is 0.295 e. The molecule has 1 atom stereocenters. The molecular weight excluding hydrogens is 529 g/mol. The fourth-order valence-corrected chi connectivity index (χ4v) is 4.88. The fourth-order valence-electron chi connectivity index (χ4n) is 4.31. The van der Waals surface area contributed by atoms with Gasteiger partial charge in [0, 0.05) is 11.6 Å². The first kappa shape index (κ1) is 27.5. The minimum atomic E-state index is -0.924. The highest BCUT2D eigenvalue weighted by Crippen LogP contribution is 2.43. The van der Waals surface area contributed by atoms with Crippen LogP contribution in [0, 0.1) is 0 Å². The van der Waals surface area contributed by atoms with Crippen molar-refractivity contribution in [1.29, 1.82) is 0 Å². The second-order valence-electron chi connectivity index (χ2n) is 8.87. The van der Waals surface area contributed by atoms with Crippen LogP contribution in [0.4, 0.5) is 0 Å². The quantitative estimate of drug-likeness (QED) is 0.181. The van der Waals surface area contributed by atoms with Crippen LogP contribution >= 0.6 is 23.2 Å². The zero-order chi connectivity index (χ0) is 27.4. The number of Topliss-reactive ketones (excluding diaryl/α,β-unsaturated/α-hetero) is 1. The summed E-state index contributed by atoms with van der Waals surface area (Å²) in [6.07, 6.45) is -0.0641. The van der Waals surface area contributed by atoms with E-state index in [1.54, 1.807) is 24.3 Å². The summed E-state index contributed by atoms with van der Waals surface area (Å²) in [6.45, 7) is 4.09. The fraction of sp³-hybridized carbons (Fsp3) is 0.241. The average Bonchev–Trinajstić information content (AvgIpc) is 3.13. The number of hydrogen-bond donors (Lipinski definition) is 1. The number of para-hydroxylation sites is 1. The number of halogens is 2. The molecule has 1 aliphatic rings. The van der Waals surface area contributed by atoms with Crippen LogP contribution in [-0.4, -0.2) is 48.1 Å². The molecule has 0 saturated carbocycles. The molecule has 0 spiro atoms. The summed E-state index contributed by atoms with van der Waals surface area (Å²) in [6, 6.07) is 18.2. The van der Waals surface area contributed by atoms with E-state index < -0.39 is 23.5 Å². The third-order valence-corrected chi connectivity index (χ3v) is 6.44. The Balaban J connectivity index is 1.85. The second-order valence-corrected chi connectivity index (χ2v) is 9.71. The van der Waals surface area contributed by atoms with Crippen LogP contribution in [0.25, 0.3) is 5.76 Å². The first-order valence-corrected chi connectivity index (χ1v) is 12.7. The van der Waals surface area contributed by atoms with Gasteiger partial charge in [0.25, 0.3) is 11.7 Å². The average molecular weight is 556 g/mol. The first-order chi connectivity index (χ1) is 18.2. The SMILES string of the molecule is COc1c(Cl)cc(Cl)cc1/C(O)=C1\C(=O)C(=O)N(CCOC(C)C)C1c1cccc(Oc2ccccc2)c1. The maximum atomic E-state index is 13.4. The van der Waals surface area contributed by atoms with Crippen molar-refractivity contribution >= 4 is 40.7 Å². The number of rotatable bonds is 9. The Bertz CT molecular complexity index is 1370. The van der Waals surface area contributed by atoms with Crippen molar-refractivity contribution in [2.24, 2.45) is 0 Å². The molecule has 9 heteroatoms. The molecule has 1 unspecified atom stereocenters. The molecule has 0 bridgehead atoms. The molecule has 1 saturated heterocycles. The van der Waals surface area contributed by atoms with Gasteiger partial charge in [0.05, 0.1) is 42.0 Å². The van der Waals surface area contributed by atoms with E-state index in [0.29, 0.717) is 17.1 Å². The Kier molecular flexibility index (Phi) is 8.62. The van der Waals surface area contributed by atoms with Gasteiger partial charge in [0.15, 0.2) is 0 Å². The Labute approximate surface area is 231 Å². The number of nitrogens with zero attached hydrogens (tertiary/aromatic N) is 1.